The van der Waals surface area contributed by atoms with Crippen molar-refractivity contribution in [3.8, 4) is 5.75 Å². The number of hydrogen-bond acceptors (Lipinski definition) is 5. The van der Waals surface area contributed by atoms with E-state index in [1.807, 2.05) is 0 Å². The van der Waals surface area contributed by atoms with E-state index < -0.39 is 24.0 Å². The highest BCUT2D eigenvalue weighted by atomic mass is 79.9. The third-order valence-corrected chi connectivity index (χ3v) is 2.58. The highest BCUT2D eigenvalue weighted by Gasteiger charge is 2.21. The lowest BCUT2D eigenvalue weighted by atomic mass is 10.1. The second kappa shape index (κ2) is 6.30. The summed E-state index contributed by atoms with van der Waals surface area (Å²) in [6.45, 7) is 1.63. The van der Waals surface area contributed by atoms with Crippen molar-refractivity contribution in [2.24, 2.45) is 0 Å². The number of rotatable bonds is 5. The first-order valence-corrected chi connectivity index (χ1v) is 5.96. The fraction of sp³-hybridized carbons (Fsp3) is 0.250. The second-order valence-corrected chi connectivity index (χ2v) is 4.32. The summed E-state index contributed by atoms with van der Waals surface area (Å²) >= 11 is 3.13. The molecule has 0 aliphatic carbocycles. The summed E-state index contributed by atoms with van der Waals surface area (Å²) in [5, 5.41) is 9.54. The summed E-state index contributed by atoms with van der Waals surface area (Å²) in [7, 11) is 0. The third-order valence-electron chi connectivity index (χ3n) is 2.08. The number of phenolic OH excluding ortho intramolecular Hbond substituents is 1. The quantitative estimate of drug-likeness (QED) is 0.388. The Bertz CT molecular complexity index is 495. The smallest absolute Gasteiger partial charge is 0.375 e. The van der Waals surface area contributed by atoms with Gasteiger partial charge in [-0.15, -0.1) is 0 Å². The zero-order valence-electron chi connectivity index (χ0n) is 9.60. The number of Topliss-reactive ketones (excluding diaryl/α,β-unsaturated/α-hetero) is 2. The molecule has 0 radical (unpaired) electrons. The molecule has 0 saturated heterocycles. The minimum atomic E-state index is -1.04. The molecule has 0 aromatic heterocycles. The normalized spacial score (nSPS) is 9.89. The van der Waals surface area contributed by atoms with Gasteiger partial charge in [-0.05, 0) is 25.1 Å². The van der Waals surface area contributed by atoms with Crippen LogP contribution < -0.4 is 0 Å². The van der Waals surface area contributed by atoms with Crippen molar-refractivity contribution < 1.29 is 24.2 Å². The Balaban J connectivity index is 2.77. The van der Waals surface area contributed by atoms with Crippen LogP contribution in [0.4, 0.5) is 0 Å². The lowest BCUT2D eigenvalue weighted by Gasteiger charge is -2.04. The molecule has 0 heterocycles. The van der Waals surface area contributed by atoms with E-state index in [9.17, 15) is 19.5 Å². The molecule has 6 heteroatoms. The van der Waals surface area contributed by atoms with Gasteiger partial charge >= 0.3 is 5.97 Å². The van der Waals surface area contributed by atoms with E-state index in [2.05, 4.69) is 20.7 Å². The van der Waals surface area contributed by atoms with Gasteiger partial charge in [-0.3, -0.25) is 9.59 Å². The molecule has 0 amide bonds. The van der Waals surface area contributed by atoms with Crippen LogP contribution in [0.1, 0.15) is 23.7 Å². The van der Waals surface area contributed by atoms with Gasteiger partial charge in [0, 0.05) is 4.47 Å². The molecular weight excluding hydrogens is 304 g/mol. The van der Waals surface area contributed by atoms with Crippen molar-refractivity contribution in [3.05, 3.63) is 28.2 Å². The van der Waals surface area contributed by atoms with E-state index >= 15 is 0 Å². The summed E-state index contributed by atoms with van der Waals surface area (Å²) in [4.78, 5) is 34.1. The average molecular weight is 315 g/mol. The number of ketones is 2. The summed E-state index contributed by atoms with van der Waals surface area (Å²) in [6.07, 6.45) is -0.617. The Hall–Kier alpha value is -1.69. The molecule has 1 aromatic carbocycles. The number of esters is 1. The number of carbonyl (C=O) groups excluding carboxylic acids is 3. The van der Waals surface area contributed by atoms with Crippen LogP contribution >= 0.6 is 15.9 Å². The minimum Gasteiger partial charge on any atom is -0.507 e. The Morgan fingerprint density at radius 1 is 1.33 bits per heavy atom. The van der Waals surface area contributed by atoms with Crippen molar-refractivity contribution in [3.63, 3.8) is 0 Å². The van der Waals surface area contributed by atoms with Gasteiger partial charge in [0.25, 0.3) is 0 Å². The molecule has 0 unspecified atom stereocenters. The SMILES string of the molecule is CCOC(=O)C(=O)CC(=O)c1ccc(Br)cc1O. The van der Waals surface area contributed by atoms with Crippen LogP contribution in [0, 0.1) is 0 Å². The molecule has 0 bridgehead atoms. The van der Waals surface area contributed by atoms with E-state index in [0.717, 1.165) is 0 Å². The lowest BCUT2D eigenvalue weighted by molar-refractivity contribution is -0.153. The van der Waals surface area contributed by atoms with Crippen LogP contribution in [0.15, 0.2) is 22.7 Å². The molecule has 0 aliphatic heterocycles. The van der Waals surface area contributed by atoms with E-state index in [1.54, 1.807) is 13.0 Å². The number of halogens is 1. The van der Waals surface area contributed by atoms with Gasteiger partial charge in [0.1, 0.15) is 5.75 Å². The molecule has 96 valence electrons. The molecule has 5 nitrogen and oxygen atoms in total. The first-order chi connectivity index (χ1) is 8.45. The lowest BCUT2D eigenvalue weighted by Crippen LogP contribution is -2.20. The molecule has 0 spiro atoms. The molecule has 1 rings (SSSR count). The second-order valence-electron chi connectivity index (χ2n) is 3.41. The van der Waals surface area contributed by atoms with Gasteiger partial charge in [-0.25, -0.2) is 4.79 Å². The van der Waals surface area contributed by atoms with Crippen LogP contribution in [0.3, 0.4) is 0 Å². The number of benzene rings is 1. The van der Waals surface area contributed by atoms with Crippen LogP contribution in [-0.2, 0) is 14.3 Å². The summed E-state index contributed by atoms with van der Waals surface area (Å²) in [5.74, 6) is -2.84. The third kappa shape index (κ3) is 3.66. The van der Waals surface area contributed by atoms with Crippen LogP contribution in [0.25, 0.3) is 0 Å². The van der Waals surface area contributed by atoms with E-state index in [1.165, 1.54) is 12.1 Å². The highest BCUT2D eigenvalue weighted by Crippen LogP contribution is 2.23. The Labute approximate surface area is 112 Å². The van der Waals surface area contributed by atoms with Gasteiger partial charge in [0.05, 0.1) is 18.6 Å². The molecule has 0 saturated carbocycles. The summed E-state index contributed by atoms with van der Waals surface area (Å²) < 4.78 is 5.08. The van der Waals surface area contributed by atoms with Gasteiger partial charge < -0.3 is 9.84 Å². The van der Waals surface area contributed by atoms with Crippen LogP contribution in [0.2, 0.25) is 0 Å². The molecule has 0 fully saturated rings. The monoisotopic (exact) mass is 314 g/mol. The maximum absolute atomic E-state index is 11.7. The van der Waals surface area contributed by atoms with E-state index in [-0.39, 0.29) is 17.9 Å². The molecule has 18 heavy (non-hydrogen) atoms. The van der Waals surface area contributed by atoms with Gasteiger partial charge in [-0.1, -0.05) is 15.9 Å². The molecular formula is C12H11BrO5. The largest absolute Gasteiger partial charge is 0.507 e. The minimum absolute atomic E-state index is 0.00384. The summed E-state index contributed by atoms with van der Waals surface area (Å²) in [5.41, 5.74) is -0.00384. The van der Waals surface area contributed by atoms with Crippen LogP contribution in [0.5, 0.6) is 5.75 Å². The Morgan fingerprint density at radius 3 is 2.56 bits per heavy atom. The first-order valence-electron chi connectivity index (χ1n) is 5.17. The predicted molar refractivity (Wildman–Crippen MR) is 66.4 cm³/mol. The van der Waals surface area contributed by atoms with Crippen molar-refractivity contribution >= 4 is 33.5 Å². The first kappa shape index (κ1) is 14.4. The van der Waals surface area contributed by atoms with Gasteiger partial charge in [0.15, 0.2) is 5.78 Å². The number of aromatic hydroxyl groups is 1. The molecule has 0 atom stereocenters. The maximum Gasteiger partial charge on any atom is 0.375 e. The number of ether oxygens (including phenoxy) is 1. The average Bonchev–Trinajstić information content (AvgIpc) is 2.28. The van der Waals surface area contributed by atoms with E-state index in [4.69, 9.17) is 0 Å². The van der Waals surface area contributed by atoms with Gasteiger partial charge in [-0.2, -0.15) is 0 Å². The zero-order valence-corrected chi connectivity index (χ0v) is 11.2. The highest BCUT2D eigenvalue weighted by molar-refractivity contribution is 9.10. The summed E-state index contributed by atoms with van der Waals surface area (Å²) in [6, 6.07) is 4.27. The topological polar surface area (TPSA) is 80.7 Å². The van der Waals surface area contributed by atoms with Gasteiger partial charge in [0.2, 0.25) is 5.78 Å². The fourth-order valence-corrected chi connectivity index (χ4v) is 1.61. The van der Waals surface area contributed by atoms with Crippen molar-refractivity contribution in [1.82, 2.24) is 0 Å². The fourth-order valence-electron chi connectivity index (χ4n) is 1.27. The maximum atomic E-state index is 11.7. The number of hydrogen-bond donors (Lipinski definition) is 1. The molecule has 1 aromatic rings. The molecule has 0 aliphatic rings. The number of carbonyl (C=O) groups is 3. The van der Waals surface area contributed by atoms with E-state index in [0.29, 0.717) is 4.47 Å². The number of phenols is 1. The zero-order chi connectivity index (χ0) is 13.7. The molecule has 1 N–H and O–H groups in total. The standard InChI is InChI=1S/C12H11BrO5/c1-2-18-12(17)11(16)6-10(15)8-4-3-7(13)5-9(8)14/h3-5,14H,2,6H2,1H3. The van der Waals surface area contributed by atoms with Crippen molar-refractivity contribution in [1.29, 1.82) is 0 Å². The van der Waals surface area contributed by atoms with Crippen molar-refractivity contribution in [2.75, 3.05) is 6.61 Å². The predicted octanol–water partition coefficient (Wildman–Crippen LogP) is 1.86. The Kier molecular flexibility index (Phi) is 5.03. The van der Waals surface area contributed by atoms with Crippen molar-refractivity contribution in [2.45, 2.75) is 13.3 Å². The van der Waals surface area contributed by atoms with Crippen LogP contribution in [-0.4, -0.2) is 29.2 Å². The Morgan fingerprint density at radius 2 is 2.00 bits per heavy atom.